The number of amides is 3. The van der Waals surface area contributed by atoms with Gasteiger partial charge in [0.25, 0.3) is 0 Å². The zero-order valence-electron chi connectivity index (χ0n) is 23.6. The third kappa shape index (κ3) is 9.31. The van der Waals surface area contributed by atoms with Crippen LogP contribution in [-0.2, 0) is 11.2 Å². The lowest BCUT2D eigenvalue weighted by Crippen LogP contribution is -2.52. The van der Waals surface area contributed by atoms with Crippen molar-refractivity contribution in [1.29, 1.82) is 0 Å². The first-order chi connectivity index (χ1) is 18.7. The van der Waals surface area contributed by atoms with E-state index in [1.165, 1.54) is 10.9 Å². The maximum atomic E-state index is 13.0. The smallest absolute Gasteiger partial charge is 0.319 e. The minimum absolute atomic E-state index is 0.0142. The number of amidine groups is 1. The molecule has 0 heterocycles. The predicted octanol–water partition coefficient (Wildman–Crippen LogP) is 2.73. The SMILES string of the molecule is CN=C(NN)c1cccc(NC(=O)N[C@@H]2CC[C@H](N(C)C(C)=O)CC2CN(C)CCCc2ccc(P)cc2)c1. The molecule has 1 fully saturated rings. The minimum atomic E-state index is -0.239. The van der Waals surface area contributed by atoms with Crippen LogP contribution in [0.3, 0.4) is 0 Å². The van der Waals surface area contributed by atoms with E-state index in [1.54, 1.807) is 14.0 Å². The van der Waals surface area contributed by atoms with Crippen molar-refractivity contribution in [3.05, 3.63) is 59.7 Å². The number of anilines is 1. The Morgan fingerprint density at radius 2 is 1.87 bits per heavy atom. The molecule has 0 bridgehead atoms. The summed E-state index contributed by atoms with van der Waals surface area (Å²) in [5.41, 5.74) is 5.36. The molecule has 0 spiro atoms. The summed E-state index contributed by atoms with van der Waals surface area (Å²) in [7, 11) is 8.40. The summed E-state index contributed by atoms with van der Waals surface area (Å²) < 4.78 is 0. The first kappa shape index (κ1) is 30.5. The van der Waals surface area contributed by atoms with Crippen LogP contribution in [0.2, 0.25) is 0 Å². The number of hydrogen-bond acceptors (Lipinski definition) is 5. The second-order valence-electron chi connectivity index (χ2n) is 10.5. The van der Waals surface area contributed by atoms with E-state index in [4.69, 9.17) is 5.84 Å². The molecule has 10 heteroatoms. The number of nitrogens with one attached hydrogen (secondary N) is 3. The molecule has 5 N–H and O–H groups in total. The Labute approximate surface area is 235 Å². The molecule has 2 unspecified atom stereocenters. The molecule has 1 aliphatic carbocycles. The Hall–Kier alpha value is -3.00. The maximum absolute atomic E-state index is 13.0. The first-order valence-electron chi connectivity index (χ1n) is 13.6. The number of urea groups is 1. The Balaban J connectivity index is 1.61. The van der Waals surface area contributed by atoms with Gasteiger partial charge in [0.2, 0.25) is 5.91 Å². The third-order valence-electron chi connectivity index (χ3n) is 7.60. The van der Waals surface area contributed by atoms with E-state index in [-0.39, 0.29) is 29.9 Å². The zero-order chi connectivity index (χ0) is 28.4. The fraction of sp³-hybridized carbons (Fsp3) is 0.483. The van der Waals surface area contributed by atoms with Crippen LogP contribution in [0.25, 0.3) is 0 Å². The number of rotatable bonds is 10. The van der Waals surface area contributed by atoms with Crippen molar-refractivity contribution in [3.8, 4) is 0 Å². The van der Waals surface area contributed by atoms with Gasteiger partial charge in [-0.15, -0.1) is 9.24 Å². The fourth-order valence-electron chi connectivity index (χ4n) is 5.33. The van der Waals surface area contributed by atoms with E-state index in [1.807, 2.05) is 36.2 Å². The summed E-state index contributed by atoms with van der Waals surface area (Å²) in [6.07, 6.45) is 4.63. The highest BCUT2D eigenvalue weighted by molar-refractivity contribution is 7.27. The normalized spacial score (nSPS) is 19.5. The van der Waals surface area contributed by atoms with E-state index in [9.17, 15) is 9.59 Å². The Bertz CT molecular complexity index is 1120. The van der Waals surface area contributed by atoms with Gasteiger partial charge in [-0.05, 0) is 74.6 Å². The Morgan fingerprint density at radius 1 is 1.13 bits per heavy atom. The minimum Gasteiger partial charge on any atom is -0.343 e. The number of nitrogens with two attached hydrogens (primary N) is 1. The molecule has 4 atom stereocenters. The van der Waals surface area contributed by atoms with Crippen LogP contribution in [-0.4, -0.2) is 73.9 Å². The molecule has 2 aromatic rings. The molecule has 2 aromatic carbocycles. The van der Waals surface area contributed by atoms with Crippen LogP contribution < -0.4 is 27.2 Å². The van der Waals surface area contributed by atoms with E-state index >= 15 is 0 Å². The van der Waals surface area contributed by atoms with Gasteiger partial charge in [-0.25, -0.2) is 10.6 Å². The largest absolute Gasteiger partial charge is 0.343 e. The summed E-state index contributed by atoms with van der Waals surface area (Å²) in [5, 5.41) is 7.38. The highest BCUT2D eigenvalue weighted by atomic mass is 31.0. The van der Waals surface area contributed by atoms with Crippen molar-refractivity contribution in [1.82, 2.24) is 20.5 Å². The second kappa shape index (κ2) is 15.0. The van der Waals surface area contributed by atoms with Crippen LogP contribution in [0.1, 0.15) is 43.7 Å². The summed E-state index contributed by atoms with van der Waals surface area (Å²) in [5.74, 6) is 6.39. The van der Waals surface area contributed by atoms with Gasteiger partial charge in [-0.3, -0.25) is 9.79 Å². The summed E-state index contributed by atoms with van der Waals surface area (Å²) >= 11 is 0. The van der Waals surface area contributed by atoms with Crippen molar-refractivity contribution in [2.24, 2.45) is 16.8 Å². The van der Waals surface area contributed by atoms with Crippen LogP contribution in [0.5, 0.6) is 0 Å². The number of nitrogens with zero attached hydrogens (tertiary/aromatic N) is 3. The molecule has 0 radical (unpaired) electrons. The van der Waals surface area contributed by atoms with Crippen molar-refractivity contribution in [3.63, 3.8) is 0 Å². The molecule has 39 heavy (non-hydrogen) atoms. The quantitative estimate of drug-likeness (QED) is 0.119. The number of aryl methyl sites for hydroxylation is 1. The molecule has 0 aliphatic heterocycles. The number of carbonyl (C=O) groups excluding carboxylic acids is 2. The maximum Gasteiger partial charge on any atom is 0.319 e. The van der Waals surface area contributed by atoms with Gasteiger partial charge in [0, 0.05) is 50.9 Å². The van der Waals surface area contributed by atoms with Crippen LogP contribution >= 0.6 is 9.24 Å². The fourth-order valence-corrected chi connectivity index (χ4v) is 5.52. The van der Waals surface area contributed by atoms with Crippen molar-refractivity contribution >= 4 is 38.0 Å². The average molecular weight is 554 g/mol. The summed E-state index contributed by atoms with van der Waals surface area (Å²) in [6.45, 7) is 3.44. The molecule has 1 saturated carbocycles. The second-order valence-corrected chi connectivity index (χ2v) is 11.1. The van der Waals surface area contributed by atoms with Crippen molar-refractivity contribution in [2.45, 2.75) is 51.1 Å². The highest BCUT2D eigenvalue weighted by Gasteiger charge is 2.34. The van der Waals surface area contributed by atoms with E-state index < -0.39 is 0 Å². The molecule has 212 valence electrons. The van der Waals surface area contributed by atoms with Gasteiger partial charge in [0.1, 0.15) is 5.84 Å². The summed E-state index contributed by atoms with van der Waals surface area (Å²) in [4.78, 5) is 33.4. The lowest BCUT2D eigenvalue weighted by atomic mass is 9.80. The molecule has 3 rings (SSSR count). The molecule has 0 saturated heterocycles. The standard InChI is InChI=1S/C29H44N7O2P/c1-20(37)36(4)25-12-15-27(33-29(38)32-24-9-5-8-22(17-24)28(31-2)34-30)23(18-25)19-35(3)16-6-7-21-10-13-26(39)14-11-21/h5,8-11,13-14,17,23,25,27H,6-7,12,15-16,18-19,30,39H2,1-4H3,(H,31,34)(H2,32,33,38)/t23?,25-,27+/m0/s1. The lowest BCUT2D eigenvalue weighted by molar-refractivity contribution is -0.130. The van der Waals surface area contributed by atoms with Crippen LogP contribution in [0.15, 0.2) is 53.5 Å². The van der Waals surface area contributed by atoms with Gasteiger partial charge in [-0.1, -0.05) is 36.4 Å². The molecular weight excluding hydrogens is 509 g/mol. The van der Waals surface area contributed by atoms with Gasteiger partial charge in [-0.2, -0.15) is 0 Å². The molecule has 9 nitrogen and oxygen atoms in total. The molecule has 3 amide bonds. The molecule has 1 aliphatic rings. The third-order valence-corrected chi connectivity index (χ3v) is 7.99. The number of hydrazine groups is 1. The van der Waals surface area contributed by atoms with Gasteiger partial charge < -0.3 is 25.9 Å². The van der Waals surface area contributed by atoms with Gasteiger partial charge >= 0.3 is 6.03 Å². The molecular formula is C29H44N7O2P. The Kier molecular flexibility index (Phi) is 11.7. The monoisotopic (exact) mass is 553 g/mol. The van der Waals surface area contributed by atoms with E-state index in [0.717, 1.165) is 50.8 Å². The zero-order valence-corrected chi connectivity index (χ0v) is 24.8. The average Bonchev–Trinajstić information content (AvgIpc) is 2.91. The number of hydrogen-bond donors (Lipinski definition) is 4. The molecule has 0 aromatic heterocycles. The van der Waals surface area contributed by atoms with Gasteiger partial charge in [0.15, 0.2) is 0 Å². The van der Waals surface area contributed by atoms with Gasteiger partial charge in [0.05, 0.1) is 0 Å². The topological polar surface area (TPSA) is 115 Å². The van der Waals surface area contributed by atoms with E-state index in [0.29, 0.717) is 11.5 Å². The summed E-state index contributed by atoms with van der Waals surface area (Å²) in [6, 6.07) is 16.0. The van der Waals surface area contributed by atoms with Crippen molar-refractivity contribution in [2.75, 3.05) is 39.5 Å². The predicted molar refractivity (Wildman–Crippen MR) is 163 cm³/mol. The van der Waals surface area contributed by atoms with E-state index in [2.05, 4.69) is 66.5 Å². The Morgan fingerprint density at radius 3 is 2.54 bits per heavy atom. The van der Waals surface area contributed by atoms with Crippen LogP contribution in [0, 0.1) is 5.92 Å². The number of aliphatic imine (C=N–C) groups is 1. The number of benzene rings is 2. The lowest BCUT2D eigenvalue weighted by Gasteiger charge is -2.41. The highest BCUT2D eigenvalue weighted by Crippen LogP contribution is 2.29. The van der Waals surface area contributed by atoms with Crippen molar-refractivity contribution < 1.29 is 9.59 Å². The van der Waals surface area contributed by atoms with Crippen LogP contribution in [0.4, 0.5) is 10.5 Å². The first-order valence-corrected chi connectivity index (χ1v) is 14.2. The number of carbonyl (C=O) groups is 2.